The Morgan fingerprint density at radius 2 is 1.73 bits per heavy atom. The van der Waals surface area contributed by atoms with Crippen molar-refractivity contribution in [2.24, 2.45) is 0 Å². The summed E-state index contributed by atoms with van der Waals surface area (Å²) in [5, 5.41) is 8.21. The van der Waals surface area contributed by atoms with E-state index in [1.165, 1.54) is 36.4 Å². The summed E-state index contributed by atoms with van der Waals surface area (Å²) >= 11 is 0. The normalized spacial score (nSPS) is 12.5. The zero-order chi connectivity index (χ0) is 22.8. The fourth-order valence-corrected chi connectivity index (χ4v) is 3.68. The van der Waals surface area contributed by atoms with Crippen molar-refractivity contribution >= 4 is 5.97 Å². The number of hydrogen-bond acceptors (Lipinski definition) is 7. The van der Waals surface area contributed by atoms with Crippen molar-refractivity contribution in [2.45, 2.75) is 32.5 Å². The number of halogens is 2. The molecule has 33 heavy (non-hydrogen) atoms. The molecule has 168 valence electrons. The number of carbonyl (C=O) groups is 1. The zero-order valence-electron chi connectivity index (χ0n) is 17.3. The van der Waals surface area contributed by atoms with Crippen LogP contribution in [0.25, 0.3) is 5.69 Å². The second-order valence-corrected chi connectivity index (χ2v) is 7.44. The van der Waals surface area contributed by atoms with Crippen LogP contribution in [0.15, 0.2) is 53.1 Å². The van der Waals surface area contributed by atoms with Crippen LogP contribution >= 0.6 is 0 Å². The van der Waals surface area contributed by atoms with Crippen LogP contribution in [0.4, 0.5) is 8.78 Å². The monoisotopic (exact) mass is 452 g/mol. The van der Waals surface area contributed by atoms with E-state index >= 15 is 0 Å². The first kappa shape index (κ1) is 20.8. The van der Waals surface area contributed by atoms with Gasteiger partial charge in [0, 0.05) is 11.3 Å². The van der Waals surface area contributed by atoms with Crippen molar-refractivity contribution in [1.29, 1.82) is 0 Å². The Bertz CT molecular complexity index is 1280. The summed E-state index contributed by atoms with van der Waals surface area (Å²) in [7, 11) is 0. The van der Waals surface area contributed by atoms with Gasteiger partial charge in [-0.25, -0.2) is 18.3 Å². The Labute approximate surface area is 186 Å². The highest BCUT2D eigenvalue weighted by Crippen LogP contribution is 2.28. The zero-order valence-corrected chi connectivity index (χ0v) is 17.3. The van der Waals surface area contributed by atoms with Gasteiger partial charge < -0.3 is 14.0 Å². The Kier molecular flexibility index (Phi) is 5.55. The van der Waals surface area contributed by atoms with Gasteiger partial charge in [-0.05, 0) is 67.8 Å². The van der Waals surface area contributed by atoms with Gasteiger partial charge in [-0.1, -0.05) is 5.16 Å². The summed E-state index contributed by atoms with van der Waals surface area (Å²) in [6, 6.07) is 11.5. The summed E-state index contributed by atoms with van der Waals surface area (Å²) in [4.78, 5) is 16.8. The summed E-state index contributed by atoms with van der Waals surface area (Å²) in [5.74, 6) is -0.484. The molecule has 0 atom stereocenters. The van der Waals surface area contributed by atoms with Crippen molar-refractivity contribution in [1.82, 2.24) is 19.9 Å². The van der Waals surface area contributed by atoms with Gasteiger partial charge >= 0.3 is 5.97 Å². The standard InChI is InChI=1S/C23H18F2N4O4/c24-14-4-8-16(9-5-14)29-19-3-1-2-18(19)22(27-29)23(30)32-13-21-26-20(28-33-21)12-31-17-10-6-15(25)7-11-17/h4-11H,1-3,12-13H2. The fraction of sp³-hybridized carbons (Fsp3) is 0.217. The van der Waals surface area contributed by atoms with E-state index < -0.39 is 5.97 Å². The van der Waals surface area contributed by atoms with E-state index in [2.05, 4.69) is 15.2 Å². The van der Waals surface area contributed by atoms with Crippen LogP contribution < -0.4 is 4.74 Å². The molecule has 0 fully saturated rings. The van der Waals surface area contributed by atoms with E-state index in [-0.39, 0.29) is 42.3 Å². The molecule has 0 aliphatic heterocycles. The lowest BCUT2D eigenvalue weighted by Gasteiger charge is -2.05. The largest absolute Gasteiger partial charge is 0.485 e. The van der Waals surface area contributed by atoms with Crippen molar-refractivity contribution in [3.8, 4) is 11.4 Å². The molecule has 8 nitrogen and oxygen atoms in total. The lowest BCUT2D eigenvalue weighted by molar-refractivity contribution is 0.0421. The SMILES string of the molecule is O=C(OCc1nc(COc2ccc(F)cc2)no1)c1nn(-c2ccc(F)cc2)c2c1CCC2. The first-order valence-electron chi connectivity index (χ1n) is 10.3. The molecule has 0 unspecified atom stereocenters. The number of benzene rings is 2. The number of hydrogen-bond donors (Lipinski definition) is 0. The quantitative estimate of drug-likeness (QED) is 0.392. The van der Waals surface area contributed by atoms with Crippen LogP contribution in [-0.4, -0.2) is 25.9 Å². The molecule has 0 bridgehead atoms. The molecular weight excluding hydrogens is 434 g/mol. The van der Waals surface area contributed by atoms with Gasteiger partial charge in [0.25, 0.3) is 5.89 Å². The van der Waals surface area contributed by atoms with E-state index in [1.54, 1.807) is 16.8 Å². The highest BCUT2D eigenvalue weighted by Gasteiger charge is 2.28. The topological polar surface area (TPSA) is 92.3 Å². The third-order valence-electron chi connectivity index (χ3n) is 5.21. The molecule has 0 amide bonds. The van der Waals surface area contributed by atoms with E-state index in [0.29, 0.717) is 17.9 Å². The Morgan fingerprint density at radius 3 is 2.48 bits per heavy atom. The maximum atomic E-state index is 13.3. The lowest BCUT2D eigenvalue weighted by Crippen LogP contribution is -2.09. The molecule has 10 heteroatoms. The van der Waals surface area contributed by atoms with Gasteiger partial charge in [-0.2, -0.15) is 10.1 Å². The highest BCUT2D eigenvalue weighted by atomic mass is 19.1. The maximum Gasteiger partial charge on any atom is 0.359 e. The molecule has 2 aromatic carbocycles. The molecule has 1 aliphatic carbocycles. The first-order chi connectivity index (χ1) is 16.1. The number of esters is 1. The third-order valence-corrected chi connectivity index (χ3v) is 5.21. The number of ether oxygens (including phenoxy) is 2. The highest BCUT2D eigenvalue weighted by molar-refractivity contribution is 5.89. The Balaban J connectivity index is 1.23. The second kappa shape index (κ2) is 8.81. The van der Waals surface area contributed by atoms with Gasteiger partial charge in [0.05, 0.1) is 5.69 Å². The Hall–Kier alpha value is -4.08. The molecule has 0 N–H and O–H groups in total. The summed E-state index contributed by atoms with van der Waals surface area (Å²) in [5.41, 5.74) is 2.66. The van der Waals surface area contributed by atoms with Gasteiger partial charge in [0.1, 0.15) is 17.4 Å². The van der Waals surface area contributed by atoms with Crippen LogP contribution in [0.3, 0.4) is 0 Å². The predicted octanol–water partition coefficient (Wildman–Crippen LogP) is 3.96. The molecule has 2 heterocycles. The van der Waals surface area contributed by atoms with E-state index in [1.807, 2.05) is 0 Å². The van der Waals surface area contributed by atoms with E-state index in [9.17, 15) is 13.6 Å². The maximum absolute atomic E-state index is 13.3. The van der Waals surface area contributed by atoms with Crippen molar-refractivity contribution in [2.75, 3.05) is 0 Å². The molecule has 0 saturated carbocycles. The van der Waals surface area contributed by atoms with Crippen molar-refractivity contribution < 1.29 is 27.6 Å². The van der Waals surface area contributed by atoms with Crippen LogP contribution in [-0.2, 0) is 30.8 Å². The molecule has 0 saturated heterocycles. The van der Waals surface area contributed by atoms with Crippen LogP contribution in [0.1, 0.15) is 39.9 Å². The molecule has 5 rings (SSSR count). The summed E-state index contributed by atoms with van der Waals surface area (Å²) in [6.45, 7) is -0.209. The fourth-order valence-electron chi connectivity index (χ4n) is 3.68. The van der Waals surface area contributed by atoms with Crippen LogP contribution in [0.2, 0.25) is 0 Å². The van der Waals surface area contributed by atoms with Gasteiger partial charge in [-0.15, -0.1) is 0 Å². The summed E-state index contributed by atoms with van der Waals surface area (Å²) < 4.78 is 43.8. The number of aromatic nitrogens is 4. The molecule has 0 spiro atoms. The van der Waals surface area contributed by atoms with E-state index in [0.717, 1.165) is 24.1 Å². The van der Waals surface area contributed by atoms with Gasteiger partial charge in [-0.3, -0.25) is 0 Å². The average Bonchev–Trinajstić information content (AvgIpc) is 3.55. The predicted molar refractivity (Wildman–Crippen MR) is 110 cm³/mol. The van der Waals surface area contributed by atoms with Gasteiger partial charge in [0.2, 0.25) is 5.82 Å². The minimum Gasteiger partial charge on any atom is -0.485 e. The minimum atomic E-state index is -0.601. The average molecular weight is 452 g/mol. The number of nitrogens with zero attached hydrogens (tertiary/aromatic N) is 4. The molecular formula is C23H18F2N4O4. The summed E-state index contributed by atoms with van der Waals surface area (Å²) in [6.07, 6.45) is 2.39. The first-order valence-corrected chi connectivity index (χ1v) is 10.3. The van der Waals surface area contributed by atoms with Crippen LogP contribution in [0, 0.1) is 11.6 Å². The molecule has 1 aliphatic rings. The number of fused-ring (bicyclic) bond motifs is 1. The molecule has 2 aromatic heterocycles. The van der Waals surface area contributed by atoms with Crippen molar-refractivity contribution in [3.05, 3.63) is 88.8 Å². The van der Waals surface area contributed by atoms with Crippen molar-refractivity contribution in [3.63, 3.8) is 0 Å². The third kappa shape index (κ3) is 4.45. The molecule has 4 aromatic rings. The smallest absolute Gasteiger partial charge is 0.359 e. The second-order valence-electron chi connectivity index (χ2n) is 7.44. The molecule has 0 radical (unpaired) electrons. The Morgan fingerprint density at radius 1 is 1.00 bits per heavy atom. The van der Waals surface area contributed by atoms with E-state index in [4.69, 9.17) is 14.0 Å². The minimum absolute atomic E-state index is 0.0126. The van der Waals surface area contributed by atoms with Gasteiger partial charge in [0.15, 0.2) is 18.9 Å². The number of carbonyl (C=O) groups excluding carboxylic acids is 1. The lowest BCUT2D eigenvalue weighted by atomic mass is 10.2. The number of rotatable bonds is 7. The van der Waals surface area contributed by atoms with Crippen LogP contribution in [0.5, 0.6) is 5.75 Å².